The number of carbonyl (C=O) groups is 2. The molecule has 0 bridgehead atoms. The highest BCUT2D eigenvalue weighted by atomic mass is 31.2. The summed E-state index contributed by atoms with van der Waals surface area (Å²) < 4.78 is 34.0. The first-order valence-electron chi connectivity index (χ1n) is 28.5. The van der Waals surface area contributed by atoms with Gasteiger partial charge in [0, 0.05) is 12.8 Å². The first-order chi connectivity index (χ1) is 36.0. The van der Waals surface area contributed by atoms with E-state index in [9.17, 15) is 19.0 Å². The Balaban J connectivity index is 4.22. The quantitative estimate of drug-likeness (QED) is 0.0195. The Hall–Kier alpha value is -4.11. The number of likely N-dealkylation sites (N-methyl/N-ethyl adjacent to an activating group) is 1. The first-order valence-corrected chi connectivity index (χ1v) is 30.0. The second-order valence-corrected chi connectivity index (χ2v) is 20.9. The van der Waals surface area contributed by atoms with Gasteiger partial charge in [0.25, 0.3) is 7.82 Å². The van der Waals surface area contributed by atoms with Gasteiger partial charge in [-0.1, -0.05) is 217 Å². The molecular weight excluding hydrogens is 942 g/mol. The molecule has 2 atom stereocenters. The number of ether oxygens (including phenoxy) is 2. The van der Waals surface area contributed by atoms with Gasteiger partial charge in [-0.15, -0.1) is 0 Å². The van der Waals surface area contributed by atoms with Crippen LogP contribution in [0.5, 0.6) is 0 Å². The van der Waals surface area contributed by atoms with Crippen LogP contribution < -0.4 is 4.89 Å². The summed E-state index contributed by atoms with van der Waals surface area (Å²) in [5.41, 5.74) is 0. The summed E-state index contributed by atoms with van der Waals surface area (Å²) >= 11 is 0. The van der Waals surface area contributed by atoms with Gasteiger partial charge in [-0.3, -0.25) is 14.2 Å². The molecule has 0 aromatic carbocycles. The van der Waals surface area contributed by atoms with Crippen LogP contribution in [-0.4, -0.2) is 70.0 Å². The smallest absolute Gasteiger partial charge is 0.306 e. The molecule has 10 heteroatoms. The molecular formula is C64H104NO8P. The van der Waals surface area contributed by atoms with E-state index in [1.807, 2.05) is 27.2 Å². The van der Waals surface area contributed by atoms with Gasteiger partial charge in [0.15, 0.2) is 6.10 Å². The number of hydrogen-bond donors (Lipinski definition) is 0. The van der Waals surface area contributed by atoms with E-state index in [4.69, 9.17) is 18.5 Å². The molecule has 0 radical (unpaired) electrons. The predicted molar refractivity (Wildman–Crippen MR) is 314 cm³/mol. The number of phosphoric acid groups is 1. The molecule has 0 aliphatic rings. The van der Waals surface area contributed by atoms with Crippen molar-refractivity contribution in [2.24, 2.45) is 0 Å². The zero-order valence-electron chi connectivity index (χ0n) is 47.2. The van der Waals surface area contributed by atoms with Crippen LogP contribution in [0.4, 0.5) is 0 Å². The van der Waals surface area contributed by atoms with Gasteiger partial charge in [0.05, 0.1) is 27.7 Å². The fourth-order valence-electron chi connectivity index (χ4n) is 7.02. The third-order valence-corrected chi connectivity index (χ3v) is 12.3. The minimum Gasteiger partial charge on any atom is -0.756 e. The largest absolute Gasteiger partial charge is 0.756 e. The summed E-state index contributed by atoms with van der Waals surface area (Å²) in [5, 5.41) is 0. The van der Waals surface area contributed by atoms with E-state index in [0.29, 0.717) is 23.9 Å². The Bertz CT molecular complexity index is 1760. The minimum absolute atomic E-state index is 0.0483. The highest BCUT2D eigenvalue weighted by Crippen LogP contribution is 2.38. The molecule has 0 saturated heterocycles. The van der Waals surface area contributed by atoms with Crippen molar-refractivity contribution in [3.8, 4) is 0 Å². The summed E-state index contributed by atoms with van der Waals surface area (Å²) in [6.45, 7) is 3.91. The van der Waals surface area contributed by atoms with E-state index in [2.05, 4.69) is 154 Å². The number of carbonyl (C=O) groups excluding carboxylic acids is 2. The number of phosphoric ester groups is 1. The lowest BCUT2D eigenvalue weighted by Gasteiger charge is -2.28. The lowest BCUT2D eigenvalue weighted by Crippen LogP contribution is -2.37. The van der Waals surface area contributed by atoms with E-state index in [1.54, 1.807) is 0 Å². The molecule has 2 unspecified atom stereocenters. The number of nitrogens with zero attached hydrogens (tertiary/aromatic N) is 1. The molecule has 0 N–H and O–H groups in total. The van der Waals surface area contributed by atoms with Crippen LogP contribution in [0.3, 0.4) is 0 Å². The maximum Gasteiger partial charge on any atom is 0.306 e. The summed E-state index contributed by atoms with van der Waals surface area (Å²) in [7, 11) is 1.11. The molecule has 418 valence electrons. The van der Waals surface area contributed by atoms with Gasteiger partial charge in [-0.05, 0) is 109 Å². The molecule has 0 aliphatic carbocycles. The summed E-state index contributed by atoms with van der Waals surface area (Å²) in [5.74, 6) is -0.917. The molecule has 0 aromatic heterocycles. The number of hydrogen-bond acceptors (Lipinski definition) is 8. The van der Waals surface area contributed by atoms with Gasteiger partial charge in [-0.2, -0.15) is 0 Å². The fraction of sp³-hybridized carbons (Fsp3) is 0.594. The lowest BCUT2D eigenvalue weighted by atomic mass is 10.0. The van der Waals surface area contributed by atoms with Crippen LogP contribution in [0.25, 0.3) is 0 Å². The Labute approximate surface area is 453 Å². The second kappa shape index (κ2) is 53.7. The number of esters is 2. The maximum atomic E-state index is 12.8. The molecule has 0 fully saturated rings. The number of rotatable bonds is 50. The molecule has 74 heavy (non-hydrogen) atoms. The van der Waals surface area contributed by atoms with Gasteiger partial charge in [-0.25, -0.2) is 0 Å². The average molecular weight is 1050 g/mol. The van der Waals surface area contributed by atoms with Crippen LogP contribution in [0.15, 0.2) is 146 Å². The highest BCUT2D eigenvalue weighted by molar-refractivity contribution is 7.45. The number of unbranched alkanes of at least 4 members (excludes halogenated alkanes) is 12. The van der Waals surface area contributed by atoms with Crippen molar-refractivity contribution in [2.75, 3.05) is 47.5 Å². The van der Waals surface area contributed by atoms with Crippen molar-refractivity contribution in [3.05, 3.63) is 146 Å². The Morgan fingerprint density at radius 3 is 1.12 bits per heavy atom. The minimum atomic E-state index is -4.66. The van der Waals surface area contributed by atoms with Crippen molar-refractivity contribution in [1.29, 1.82) is 0 Å². The SMILES string of the molecule is CC/C=C\C/C=C\C/C=C\C/C=C\C/C=C\C/C=C\C/C=C\CCCCCCCCCCCCCC(=O)OC(COC(=O)CCC/C=C\C/C=C\C/C=C\C/C=C\C/C=C\CC)COP(=O)([O-])OCC[N+](C)(C)C. The molecule has 0 saturated carbocycles. The van der Waals surface area contributed by atoms with Crippen molar-refractivity contribution < 1.29 is 42.1 Å². The average Bonchev–Trinajstić information content (AvgIpc) is 3.36. The van der Waals surface area contributed by atoms with E-state index >= 15 is 0 Å². The van der Waals surface area contributed by atoms with Gasteiger partial charge in [0.2, 0.25) is 0 Å². The van der Waals surface area contributed by atoms with E-state index in [1.165, 1.54) is 44.9 Å². The van der Waals surface area contributed by atoms with Gasteiger partial charge >= 0.3 is 11.9 Å². The van der Waals surface area contributed by atoms with Crippen molar-refractivity contribution in [1.82, 2.24) is 0 Å². The zero-order chi connectivity index (χ0) is 54.2. The van der Waals surface area contributed by atoms with Gasteiger partial charge < -0.3 is 27.9 Å². The van der Waals surface area contributed by atoms with Crippen LogP contribution >= 0.6 is 7.82 Å². The molecule has 0 aliphatic heterocycles. The van der Waals surface area contributed by atoms with Crippen LogP contribution in [0.1, 0.15) is 194 Å². The Morgan fingerprint density at radius 2 is 0.743 bits per heavy atom. The molecule has 0 aromatic rings. The lowest BCUT2D eigenvalue weighted by molar-refractivity contribution is -0.870. The van der Waals surface area contributed by atoms with E-state index in [0.717, 1.165) is 109 Å². The second-order valence-electron chi connectivity index (χ2n) is 19.5. The molecule has 9 nitrogen and oxygen atoms in total. The van der Waals surface area contributed by atoms with Crippen molar-refractivity contribution in [3.63, 3.8) is 0 Å². The molecule has 0 spiro atoms. The fourth-order valence-corrected chi connectivity index (χ4v) is 7.75. The van der Waals surface area contributed by atoms with E-state index in [-0.39, 0.29) is 26.1 Å². The third kappa shape index (κ3) is 57.2. The monoisotopic (exact) mass is 1050 g/mol. The molecule has 0 amide bonds. The highest BCUT2D eigenvalue weighted by Gasteiger charge is 2.21. The summed E-state index contributed by atoms with van der Waals surface area (Å²) in [6.07, 6.45) is 79.0. The van der Waals surface area contributed by atoms with Crippen LogP contribution in [0.2, 0.25) is 0 Å². The topological polar surface area (TPSA) is 111 Å². The maximum absolute atomic E-state index is 12.8. The Morgan fingerprint density at radius 1 is 0.419 bits per heavy atom. The van der Waals surface area contributed by atoms with Crippen LogP contribution in [0, 0.1) is 0 Å². The third-order valence-electron chi connectivity index (χ3n) is 11.4. The molecule has 0 heterocycles. The van der Waals surface area contributed by atoms with Gasteiger partial charge in [0.1, 0.15) is 19.8 Å². The van der Waals surface area contributed by atoms with Crippen molar-refractivity contribution in [2.45, 2.75) is 200 Å². The first kappa shape index (κ1) is 69.9. The Kier molecular flexibility index (Phi) is 50.7. The number of allylic oxidation sites excluding steroid dienone is 24. The summed E-state index contributed by atoms with van der Waals surface area (Å²) in [4.78, 5) is 37.8. The van der Waals surface area contributed by atoms with E-state index < -0.39 is 32.5 Å². The van der Waals surface area contributed by atoms with Crippen molar-refractivity contribution >= 4 is 19.8 Å². The zero-order valence-corrected chi connectivity index (χ0v) is 48.1. The normalized spacial score (nSPS) is 14.4. The van der Waals surface area contributed by atoms with Crippen LogP contribution in [-0.2, 0) is 32.7 Å². The molecule has 0 rings (SSSR count). The standard InChI is InChI=1S/C64H104NO8P/c1-6-8-10-12-14-16-18-20-22-24-25-26-27-28-29-30-31-32-33-34-35-36-37-38-39-41-43-45-47-49-51-53-55-57-64(67)73-62(61-72-74(68,69)71-59-58-65(3,4)5)60-70-63(66)56-54-52-50-48-46-44-42-40-23-21-19-17-15-13-11-9-7-2/h8-11,14-17,20-23,25-26,28-29,31-32,34-35,42,44,48,50,62H,6-7,12-13,18-19,24,27,30,33,36-41,43,45-47,49,51-61H2,1-5H3/b10-8-,11-9-,16-14-,17-15-,22-20-,23-21-,26-25-,29-28-,32-31-,35-34-,44-42-,50-48-. The summed E-state index contributed by atoms with van der Waals surface area (Å²) in [6, 6.07) is 0. The number of quaternary nitrogens is 1. The predicted octanol–water partition coefficient (Wildman–Crippen LogP) is 17.3.